The van der Waals surface area contributed by atoms with Crippen LogP contribution in [0.25, 0.3) is 0 Å². The minimum absolute atomic E-state index is 0.331. The Kier molecular flexibility index (Phi) is 6.12. The van der Waals surface area contributed by atoms with Crippen molar-refractivity contribution in [1.29, 1.82) is 0 Å². The van der Waals surface area contributed by atoms with Crippen LogP contribution in [0.5, 0.6) is 0 Å². The van der Waals surface area contributed by atoms with Crippen molar-refractivity contribution in [3.8, 4) is 0 Å². The third kappa shape index (κ3) is 4.90. The van der Waals surface area contributed by atoms with E-state index in [1.54, 1.807) is 0 Å². The second-order valence-electron chi connectivity index (χ2n) is 3.87. The summed E-state index contributed by atoms with van der Waals surface area (Å²) in [6.45, 7) is 2.17. The SMILES string of the molecule is CCCC(Cl)CCCc1ccccc1Cl. The molecule has 0 N–H and O–H groups in total. The molecule has 0 aliphatic rings. The van der Waals surface area contributed by atoms with E-state index in [0.29, 0.717) is 5.38 Å². The molecule has 0 saturated heterocycles. The van der Waals surface area contributed by atoms with Crippen LogP contribution in [0.15, 0.2) is 24.3 Å². The Morgan fingerprint density at radius 3 is 2.60 bits per heavy atom. The first-order valence-electron chi connectivity index (χ1n) is 5.61. The van der Waals surface area contributed by atoms with Crippen molar-refractivity contribution in [2.45, 2.75) is 44.4 Å². The fourth-order valence-electron chi connectivity index (χ4n) is 1.67. The van der Waals surface area contributed by atoms with E-state index in [9.17, 15) is 0 Å². The van der Waals surface area contributed by atoms with Crippen LogP contribution in [0.2, 0.25) is 5.02 Å². The van der Waals surface area contributed by atoms with Crippen molar-refractivity contribution < 1.29 is 0 Å². The largest absolute Gasteiger partial charge is 0.123 e. The molecule has 1 atom stereocenters. The molecule has 0 fully saturated rings. The Morgan fingerprint density at radius 2 is 1.93 bits per heavy atom. The maximum absolute atomic E-state index is 6.15. The molecule has 0 aliphatic carbocycles. The quantitative estimate of drug-likeness (QED) is 0.614. The average molecular weight is 245 g/mol. The van der Waals surface area contributed by atoms with E-state index in [-0.39, 0.29) is 0 Å². The maximum Gasteiger partial charge on any atom is 0.0437 e. The number of halogens is 2. The highest BCUT2D eigenvalue weighted by molar-refractivity contribution is 6.31. The fourth-order valence-corrected chi connectivity index (χ4v) is 2.28. The number of benzene rings is 1. The van der Waals surface area contributed by atoms with Gasteiger partial charge in [0.05, 0.1) is 0 Å². The summed E-state index contributed by atoms with van der Waals surface area (Å²) < 4.78 is 0. The van der Waals surface area contributed by atoms with E-state index >= 15 is 0 Å². The van der Waals surface area contributed by atoms with Gasteiger partial charge < -0.3 is 0 Å². The molecule has 1 aromatic rings. The smallest absolute Gasteiger partial charge is 0.0437 e. The van der Waals surface area contributed by atoms with Gasteiger partial charge in [-0.25, -0.2) is 0 Å². The Morgan fingerprint density at radius 1 is 1.20 bits per heavy atom. The molecule has 0 nitrogen and oxygen atoms in total. The van der Waals surface area contributed by atoms with Gasteiger partial charge in [0.1, 0.15) is 0 Å². The summed E-state index contributed by atoms with van der Waals surface area (Å²) in [4.78, 5) is 0. The molecular formula is C13H18Cl2. The third-order valence-electron chi connectivity index (χ3n) is 2.52. The second kappa shape index (κ2) is 7.14. The van der Waals surface area contributed by atoms with Crippen LogP contribution in [0.3, 0.4) is 0 Å². The van der Waals surface area contributed by atoms with E-state index < -0.39 is 0 Å². The highest BCUT2D eigenvalue weighted by Gasteiger charge is 2.04. The van der Waals surface area contributed by atoms with Crippen molar-refractivity contribution in [3.63, 3.8) is 0 Å². The van der Waals surface area contributed by atoms with Crippen molar-refractivity contribution in [2.75, 3.05) is 0 Å². The zero-order valence-electron chi connectivity index (χ0n) is 9.18. The summed E-state index contributed by atoms with van der Waals surface area (Å²) in [6.07, 6.45) is 5.52. The molecule has 2 heteroatoms. The van der Waals surface area contributed by atoms with Gasteiger partial charge >= 0.3 is 0 Å². The third-order valence-corrected chi connectivity index (χ3v) is 3.33. The zero-order chi connectivity index (χ0) is 11.1. The molecule has 1 aromatic carbocycles. The van der Waals surface area contributed by atoms with Gasteiger partial charge in [-0.1, -0.05) is 43.1 Å². The molecule has 1 unspecified atom stereocenters. The van der Waals surface area contributed by atoms with E-state index in [1.807, 2.05) is 18.2 Å². The summed E-state index contributed by atoms with van der Waals surface area (Å²) in [5.74, 6) is 0. The molecule has 1 rings (SSSR count). The predicted octanol–water partition coefficient (Wildman–Crippen LogP) is 5.07. The van der Waals surface area contributed by atoms with Crippen LogP contribution in [-0.2, 0) is 6.42 Å². The first kappa shape index (κ1) is 12.9. The zero-order valence-corrected chi connectivity index (χ0v) is 10.7. The Hall–Kier alpha value is -0.200. The number of hydrogen-bond acceptors (Lipinski definition) is 0. The molecule has 0 radical (unpaired) electrons. The van der Waals surface area contributed by atoms with Crippen molar-refractivity contribution in [1.82, 2.24) is 0 Å². The molecule has 84 valence electrons. The lowest BCUT2D eigenvalue weighted by Gasteiger charge is -2.08. The van der Waals surface area contributed by atoms with Crippen LogP contribution in [-0.4, -0.2) is 5.38 Å². The van der Waals surface area contributed by atoms with Crippen molar-refractivity contribution in [3.05, 3.63) is 34.9 Å². The van der Waals surface area contributed by atoms with Gasteiger partial charge in [0, 0.05) is 10.4 Å². The Labute approximate surface area is 103 Å². The summed E-state index contributed by atoms with van der Waals surface area (Å²) in [6, 6.07) is 8.03. The van der Waals surface area contributed by atoms with Crippen LogP contribution in [0, 0.1) is 0 Å². The van der Waals surface area contributed by atoms with Crippen LogP contribution in [0.4, 0.5) is 0 Å². The first-order chi connectivity index (χ1) is 7.24. The lowest BCUT2D eigenvalue weighted by atomic mass is 10.1. The molecule has 0 bridgehead atoms. The van der Waals surface area contributed by atoms with Gasteiger partial charge in [-0.15, -0.1) is 11.6 Å². The van der Waals surface area contributed by atoms with E-state index in [4.69, 9.17) is 23.2 Å². The molecular weight excluding hydrogens is 227 g/mol. The van der Waals surface area contributed by atoms with Gasteiger partial charge in [0.2, 0.25) is 0 Å². The summed E-state index contributed by atoms with van der Waals surface area (Å²) in [5.41, 5.74) is 1.24. The van der Waals surface area contributed by atoms with Gasteiger partial charge in [-0.3, -0.25) is 0 Å². The number of aryl methyl sites for hydroxylation is 1. The lowest BCUT2D eigenvalue weighted by Crippen LogP contribution is -1.98. The second-order valence-corrected chi connectivity index (χ2v) is 4.89. The predicted molar refractivity (Wildman–Crippen MR) is 68.9 cm³/mol. The van der Waals surface area contributed by atoms with E-state index in [2.05, 4.69) is 13.0 Å². The molecule has 0 amide bonds. The summed E-state index contributed by atoms with van der Waals surface area (Å²) >= 11 is 12.2. The number of rotatable bonds is 6. The van der Waals surface area contributed by atoms with E-state index in [1.165, 1.54) is 12.0 Å². The minimum Gasteiger partial charge on any atom is -0.123 e. The van der Waals surface area contributed by atoms with Crippen LogP contribution >= 0.6 is 23.2 Å². The minimum atomic E-state index is 0.331. The summed E-state index contributed by atoms with van der Waals surface area (Å²) in [7, 11) is 0. The van der Waals surface area contributed by atoms with Crippen molar-refractivity contribution in [2.24, 2.45) is 0 Å². The van der Waals surface area contributed by atoms with E-state index in [0.717, 1.165) is 30.7 Å². The Bertz CT molecular complexity index is 284. The fraction of sp³-hybridized carbons (Fsp3) is 0.538. The lowest BCUT2D eigenvalue weighted by molar-refractivity contribution is 0.640. The van der Waals surface area contributed by atoms with Crippen LogP contribution in [0.1, 0.15) is 38.2 Å². The van der Waals surface area contributed by atoms with Gasteiger partial charge in [-0.05, 0) is 37.3 Å². The maximum atomic E-state index is 6.15. The molecule has 0 spiro atoms. The molecule has 0 aliphatic heterocycles. The monoisotopic (exact) mass is 244 g/mol. The summed E-state index contributed by atoms with van der Waals surface area (Å²) in [5, 5.41) is 1.21. The molecule has 0 saturated carbocycles. The van der Waals surface area contributed by atoms with Crippen LogP contribution < -0.4 is 0 Å². The number of hydrogen-bond donors (Lipinski definition) is 0. The van der Waals surface area contributed by atoms with Crippen molar-refractivity contribution >= 4 is 23.2 Å². The standard InChI is InChI=1S/C13H18Cl2/c1-2-6-12(14)9-5-8-11-7-3-4-10-13(11)15/h3-4,7,10,12H,2,5-6,8-9H2,1H3. The molecule has 0 aromatic heterocycles. The van der Waals surface area contributed by atoms with Gasteiger partial charge in [0.15, 0.2) is 0 Å². The molecule has 0 heterocycles. The highest BCUT2D eigenvalue weighted by Crippen LogP contribution is 2.19. The normalized spacial score (nSPS) is 12.7. The average Bonchev–Trinajstić information content (AvgIpc) is 2.21. The molecule has 15 heavy (non-hydrogen) atoms. The highest BCUT2D eigenvalue weighted by atomic mass is 35.5. The first-order valence-corrected chi connectivity index (χ1v) is 6.43. The van der Waals surface area contributed by atoms with Gasteiger partial charge in [-0.2, -0.15) is 0 Å². The Balaban J connectivity index is 2.29. The topological polar surface area (TPSA) is 0 Å². The number of alkyl halides is 1. The van der Waals surface area contributed by atoms with Gasteiger partial charge in [0.25, 0.3) is 0 Å².